The summed E-state index contributed by atoms with van der Waals surface area (Å²) in [6.07, 6.45) is -4.38. The largest absolute Gasteiger partial charge is 0.416 e. The van der Waals surface area contributed by atoms with Crippen LogP contribution in [0.5, 0.6) is 0 Å². The Bertz CT molecular complexity index is 636. The van der Waals surface area contributed by atoms with Crippen LogP contribution in [-0.4, -0.2) is 5.91 Å². The van der Waals surface area contributed by atoms with Gasteiger partial charge in [0, 0.05) is 17.8 Å². The van der Waals surface area contributed by atoms with Gasteiger partial charge in [-0.1, -0.05) is 18.2 Å². The molecule has 0 saturated heterocycles. The van der Waals surface area contributed by atoms with Crippen LogP contribution in [0.4, 0.5) is 18.9 Å². The Morgan fingerprint density at radius 1 is 1.05 bits per heavy atom. The van der Waals surface area contributed by atoms with Crippen LogP contribution >= 0.6 is 0 Å². The van der Waals surface area contributed by atoms with Crippen LogP contribution in [0.1, 0.15) is 21.5 Å². The van der Waals surface area contributed by atoms with E-state index in [-0.39, 0.29) is 12.1 Å². The SMILES string of the molecule is NC(=O)c1ccc(NCc2ccccc2C(F)(F)F)cc1. The highest BCUT2D eigenvalue weighted by Gasteiger charge is 2.32. The minimum absolute atomic E-state index is 0.0333. The van der Waals surface area contributed by atoms with Gasteiger partial charge in [0.2, 0.25) is 5.91 Å². The van der Waals surface area contributed by atoms with Crippen LogP contribution in [0.2, 0.25) is 0 Å². The lowest BCUT2D eigenvalue weighted by molar-refractivity contribution is -0.138. The van der Waals surface area contributed by atoms with Crippen molar-refractivity contribution in [3.63, 3.8) is 0 Å². The first-order valence-corrected chi connectivity index (χ1v) is 6.17. The number of hydrogen-bond acceptors (Lipinski definition) is 2. The molecule has 0 saturated carbocycles. The van der Waals surface area contributed by atoms with E-state index in [2.05, 4.69) is 5.32 Å². The van der Waals surface area contributed by atoms with Crippen LogP contribution in [0, 0.1) is 0 Å². The lowest BCUT2D eigenvalue weighted by Gasteiger charge is -2.14. The Morgan fingerprint density at radius 3 is 2.24 bits per heavy atom. The zero-order valence-electron chi connectivity index (χ0n) is 10.9. The molecule has 0 aromatic heterocycles. The monoisotopic (exact) mass is 294 g/mol. The lowest BCUT2D eigenvalue weighted by Crippen LogP contribution is -2.12. The lowest BCUT2D eigenvalue weighted by atomic mass is 10.1. The number of primary amides is 1. The van der Waals surface area contributed by atoms with Crippen LogP contribution in [0.3, 0.4) is 0 Å². The molecule has 0 fully saturated rings. The number of halogens is 3. The van der Waals surface area contributed by atoms with Crippen molar-refractivity contribution in [2.75, 3.05) is 5.32 Å². The summed E-state index contributed by atoms with van der Waals surface area (Å²) < 4.78 is 38.5. The van der Waals surface area contributed by atoms with Gasteiger partial charge >= 0.3 is 6.18 Å². The van der Waals surface area contributed by atoms with Crippen LogP contribution in [-0.2, 0) is 12.7 Å². The number of carbonyl (C=O) groups excluding carboxylic acids is 1. The first-order chi connectivity index (χ1) is 9.88. The molecule has 1 amide bonds. The predicted molar refractivity (Wildman–Crippen MR) is 73.7 cm³/mol. The van der Waals surface area contributed by atoms with E-state index in [1.54, 1.807) is 18.2 Å². The Kier molecular flexibility index (Phi) is 4.16. The highest BCUT2D eigenvalue weighted by molar-refractivity contribution is 5.93. The van der Waals surface area contributed by atoms with Gasteiger partial charge in [0.25, 0.3) is 0 Å². The van der Waals surface area contributed by atoms with Crippen molar-refractivity contribution in [3.05, 3.63) is 65.2 Å². The van der Waals surface area contributed by atoms with E-state index < -0.39 is 17.6 Å². The molecule has 0 bridgehead atoms. The second-order valence-electron chi connectivity index (χ2n) is 4.45. The number of alkyl halides is 3. The quantitative estimate of drug-likeness (QED) is 0.908. The third-order valence-electron chi connectivity index (χ3n) is 2.98. The van der Waals surface area contributed by atoms with Gasteiger partial charge in [-0.3, -0.25) is 4.79 Å². The van der Waals surface area contributed by atoms with Crippen molar-refractivity contribution < 1.29 is 18.0 Å². The highest BCUT2D eigenvalue weighted by atomic mass is 19.4. The standard InChI is InChI=1S/C15H13F3N2O/c16-15(17,18)13-4-2-1-3-11(13)9-20-12-7-5-10(6-8-12)14(19)21/h1-8,20H,9H2,(H2,19,21). The highest BCUT2D eigenvalue weighted by Crippen LogP contribution is 2.32. The summed E-state index contributed by atoms with van der Waals surface area (Å²) in [4.78, 5) is 10.9. The first kappa shape index (κ1) is 14.9. The summed E-state index contributed by atoms with van der Waals surface area (Å²) in [5, 5.41) is 2.89. The Labute approximate surface area is 119 Å². The van der Waals surface area contributed by atoms with Gasteiger partial charge in [-0.15, -0.1) is 0 Å². The molecular weight excluding hydrogens is 281 g/mol. The number of benzene rings is 2. The van der Waals surface area contributed by atoms with Gasteiger partial charge < -0.3 is 11.1 Å². The van der Waals surface area contributed by atoms with E-state index >= 15 is 0 Å². The number of hydrogen-bond donors (Lipinski definition) is 2. The summed E-state index contributed by atoms with van der Waals surface area (Å²) in [7, 11) is 0. The summed E-state index contributed by atoms with van der Waals surface area (Å²) >= 11 is 0. The molecular formula is C15H13F3N2O. The van der Waals surface area contributed by atoms with Crippen molar-refractivity contribution in [1.29, 1.82) is 0 Å². The number of anilines is 1. The van der Waals surface area contributed by atoms with Gasteiger partial charge in [-0.05, 0) is 35.9 Å². The third-order valence-corrected chi connectivity index (χ3v) is 2.98. The number of nitrogens with one attached hydrogen (secondary N) is 1. The van der Waals surface area contributed by atoms with E-state index in [1.165, 1.54) is 24.3 Å². The molecule has 3 N–H and O–H groups in total. The summed E-state index contributed by atoms with van der Waals surface area (Å²) in [6, 6.07) is 11.6. The molecule has 21 heavy (non-hydrogen) atoms. The predicted octanol–water partition coefficient (Wildman–Crippen LogP) is 3.42. The second-order valence-corrected chi connectivity index (χ2v) is 4.45. The molecule has 0 spiro atoms. The number of carbonyl (C=O) groups is 1. The van der Waals surface area contributed by atoms with Crippen molar-refractivity contribution in [1.82, 2.24) is 0 Å². The zero-order valence-corrected chi connectivity index (χ0v) is 10.9. The van der Waals surface area contributed by atoms with Gasteiger partial charge in [0.15, 0.2) is 0 Å². The van der Waals surface area contributed by atoms with Crippen LogP contribution in [0.15, 0.2) is 48.5 Å². The Morgan fingerprint density at radius 2 is 1.67 bits per heavy atom. The molecule has 0 radical (unpaired) electrons. The molecule has 0 atom stereocenters. The summed E-state index contributed by atoms with van der Waals surface area (Å²) in [5.74, 6) is -0.552. The molecule has 6 heteroatoms. The maximum Gasteiger partial charge on any atom is 0.416 e. The average molecular weight is 294 g/mol. The number of amides is 1. The molecule has 0 aliphatic rings. The van der Waals surface area contributed by atoms with Gasteiger partial charge in [-0.25, -0.2) is 0 Å². The topological polar surface area (TPSA) is 55.1 Å². The molecule has 0 unspecified atom stereocenters. The molecule has 110 valence electrons. The molecule has 0 aliphatic heterocycles. The molecule has 0 heterocycles. The fraction of sp³-hybridized carbons (Fsp3) is 0.133. The third kappa shape index (κ3) is 3.75. The van der Waals surface area contributed by atoms with E-state index in [0.717, 1.165) is 6.07 Å². The van der Waals surface area contributed by atoms with Crippen molar-refractivity contribution in [2.24, 2.45) is 5.73 Å². The van der Waals surface area contributed by atoms with E-state index in [0.29, 0.717) is 11.3 Å². The Balaban J connectivity index is 2.12. The smallest absolute Gasteiger partial charge is 0.381 e. The number of rotatable bonds is 4. The molecule has 0 aliphatic carbocycles. The molecule has 2 rings (SSSR count). The average Bonchev–Trinajstić information content (AvgIpc) is 2.45. The molecule has 2 aromatic carbocycles. The van der Waals surface area contributed by atoms with Crippen molar-refractivity contribution in [3.8, 4) is 0 Å². The fourth-order valence-electron chi connectivity index (χ4n) is 1.90. The minimum atomic E-state index is -4.38. The zero-order chi connectivity index (χ0) is 15.5. The normalized spacial score (nSPS) is 11.2. The van der Waals surface area contributed by atoms with E-state index in [4.69, 9.17) is 5.73 Å². The van der Waals surface area contributed by atoms with E-state index in [1.807, 2.05) is 0 Å². The number of nitrogens with two attached hydrogens (primary N) is 1. The van der Waals surface area contributed by atoms with Gasteiger partial charge in [-0.2, -0.15) is 13.2 Å². The summed E-state index contributed by atoms with van der Waals surface area (Å²) in [5.41, 5.74) is 5.56. The maximum absolute atomic E-state index is 12.8. The second kappa shape index (κ2) is 5.87. The van der Waals surface area contributed by atoms with E-state index in [9.17, 15) is 18.0 Å². The van der Waals surface area contributed by atoms with Gasteiger partial charge in [0.05, 0.1) is 5.56 Å². The Hall–Kier alpha value is -2.50. The molecule has 2 aromatic rings. The van der Waals surface area contributed by atoms with Crippen molar-refractivity contribution in [2.45, 2.75) is 12.7 Å². The fourth-order valence-corrected chi connectivity index (χ4v) is 1.90. The van der Waals surface area contributed by atoms with Crippen molar-refractivity contribution >= 4 is 11.6 Å². The van der Waals surface area contributed by atoms with Gasteiger partial charge in [0.1, 0.15) is 0 Å². The minimum Gasteiger partial charge on any atom is -0.381 e. The maximum atomic E-state index is 12.8. The van der Waals surface area contributed by atoms with Crippen LogP contribution < -0.4 is 11.1 Å². The summed E-state index contributed by atoms with van der Waals surface area (Å²) in [6.45, 7) is 0.0333. The first-order valence-electron chi connectivity index (χ1n) is 6.17. The molecule has 3 nitrogen and oxygen atoms in total. The van der Waals surface area contributed by atoms with Crippen LogP contribution in [0.25, 0.3) is 0 Å².